The van der Waals surface area contributed by atoms with Crippen molar-refractivity contribution in [3.8, 4) is 0 Å². The Hall–Kier alpha value is -0.610. The predicted octanol–water partition coefficient (Wildman–Crippen LogP) is -0.406. The summed E-state index contributed by atoms with van der Waals surface area (Å²) in [5.41, 5.74) is -1.28. The minimum Gasteiger partial charge on any atom is -0.481 e. The molecule has 4 nitrogen and oxygen atoms in total. The average molecular weight is 150 g/mol. The maximum atomic E-state index is 10.0. The molecule has 60 valence electrons. The van der Waals surface area contributed by atoms with Crippen LogP contribution < -0.4 is 0 Å². The van der Waals surface area contributed by atoms with Gasteiger partial charge in [0.1, 0.15) is 0 Å². The van der Waals surface area contributed by atoms with Crippen molar-refractivity contribution in [2.24, 2.45) is 0 Å². The van der Waals surface area contributed by atoms with Gasteiger partial charge in [0.15, 0.2) is 0 Å². The lowest BCUT2D eigenvalue weighted by atomic mass is 10.1. The van der Waals surface area contributed by atoms with Gasteiger partial charge in [0.2, 0.25) is 0 Å². The van der Waals surface area contributed by atoms with E-state index in [9.17, 15) is 4.79 Å². The highest BCUT2D eigenvalue weighted by molar-refractivity contribution is 5.67. The fourth-order valence-electron chi connectivity index (χ4n) is 0.655. The second-order valence-corrected chi connectivity index (χ2v) is 2.54. The molecule has 0 aromatic rings. The van der Waals surface area contributed by atoms with Crippen LogP contribution in [-0.2, 0) is 4.79 Å². The van der Waals surface area contributed by atoms with E-state index in [1.165, 1.54) is 6.92 Å². The van der Waals surface area contributed by atoms with Crippen LogP contribution in [-0.4, -0.2) is 33.5 Å². The minimum absolute atomic E-state index is 0.0965. The lowest BCUT2D eigenvalue weighted by Crippen LogP contribution is -2.28. The van der Waals surface area contributed by atoms with E-state index in [0.717, 1.165) is 0 Å². The number of hydrogen-bond acceptors (Lipinski definition) is 3. The van der Waals surface area contributed by atoms with Crippen LogP contribution in [0.3, 0.4) is 0 Å². The highest BCUT2D eigenvalue weighted by Crippen LogP contribution is 2.12. The van der Waals surface area contributed by atoms with E-state index in [1.54, 1.807) is 0 Å². The van der Waals surface area contributed by atoms with Crippen LogP contribution in [0.5, 0.6) is 0 Å². The lowest BCUT2D eigenvalue weighted by Gasteiger charge is -2.18. The molecule has 4 heteroatoms. The van der Waals surface area contributed by atoms with E-state index in [0.29, 0.717) is 0 Å². The molecule has 0 fully saturated rings. The number of aliphatic hydroxyl groups excluding tert-OH is 1. The van der Waals surface area contributed by atoms with E-state index in [-0.39, 0.29) is 19.4 Å². The first-order valence-corrected chi connectivity index (χ1v) is 3.03. The van der Waals surface area contributed by atoms with Gasteiger partial charge in [-0.25, -0.2) is 0 Å². The quantitative estimate of drug-likeness (QED) is 0.476. The summed E-state index contributed by atoms with van der Waals surface area (Å²) in [6, 6.07) is 0. The predicted molar refractivity (Wildman–Crippen MR) is 34.6 cm³/mol. The number of carbonyl (C=O) groups is 1. The van der Waals surface area contributed by atoms with Gasteiger partial charge < -0.3 is 15.3 Å². The summed E-state index contributed by atoms with van der Waals surface area (Å²) >= 11 is 0. The van der Waals surface area contributed by atoms with E-state index in [4.69, 9.17) is 15.3 Å². The summed E-state index contributed by atoms with van der Waals surface area (Å²) in [5.74, 6) is -1.06. The molecule has 0 heterocycles. The number of carboxylic acids is 1. The van der Waals surface area contributed by atoms with Crippen LogP contribution in [0, 0.1) is 0 Å². The maximum absolute atomic E-state index is 10.0. The zero-order chi connectivity index (χ0) is 8.20. The Labute approximate surface area is 59.1 Å². The van der Waals surface area contributed by atoms with Gasteiger partial charge in [-0.3, -0.25) is 4.79 Å². The van der Waals surface area contributed by atoms with Gasteiger partial charge in [0.05, 0.1) is 12.0 Å². The molecular weight excluding hydrogens is 138 g/mol. The largest absolute Gasteiger partial charge is 0.481 e. The smallest absolute Gasteiger partial charge is 0.306 e. The normalized spacial score (nSPS) is 16.3. The molecule has 10 heavy (non-hydrogen) atoms. The Morgan fingerprint density at radius 2 is 2.10 bits per heavy atom. The highest BCUT2D eigenvalue weighted by Gasteiger charge is 2.22. The third-order valence-corrected chi connectivity index (χ3v) is 1.18. The fraction of sp³-hybridized carbons (Fsp3) is 0.833. The monoisotopic (exact) mass is 150 g/mol. The van der Waals surface area contributed by atoms with Crippen molar-refractivity contribution in [1.29, 1.82) is 0 Å². The van der Waals surface area contributed by atoms with Gasteiger partial charge >= 0.3 is 5.97 Å². The second-order valence-electron chi connectivity index (χ2n) is 2.54. The molecule has 0 aromatic heterocycles. The Balaban J connectivity index is 3.74. The van der Waals surface area contributed by atoms with Crippen molar-refractivity contribution in [3.05, 3.63) is 0 Å². The number of aliphatic hydroxyl groups is 2. The number of aliphatic carboxylic acids is 1. The van der Waals surface area contributed by atoms with Gasteiger partial charge in [-0.1, -0.05) is 0 Å². The zero-order valence-electron chi connectivity index (χ0n) is 5.87. The van der Waals surface area contributed by atoms with Crippen molar-refractivity contribution >= 4 is 5.97 Å². The van der Waals surface area contributed by atoms with Gasteiger partial charge in [-0.15, -0.1) is 0 Å². The summed E-state index contributed by atoms with van der Waals surface area (Å²) in [7, 11) is 0. The van der Waals surface area contributed by atoms with Gasteiger partial charge in [-0.05, 0) is 13.3 Å². The topological polar surface area (TPSA) is 77.8 Å². The average Bonchev–Trinajstić information content (AvgIpc) is 1.59. The summed E-state index contributed by atoms with van der Waals surface area (Å²) in [4.78, 5) is 10.0. The Bertz CT molecular complexity index is 119. The summed E-state index contributed by atoms with van der Waals surface area (Å²) in [5, 5.41) is 25.7. The first kappa shape index (κ1) is 9.39. The molecule has 0 rings (SSSR count). The molecule has 0 aromatic carbocycles. The van der Waals surface area contributed by atoms with Crippen molar-refractivity contribution in [3.63, 3.8) is 0 Å². The molecule has 0 amide bonds. The van der Waals surface area contributed by atoms with Crippen LogP contribution >= 0.6 is 0 Å². The van der Waals surface area contributed by atoms with Crippen molar-refractivity contribution in [2.45, 2.75) is 25.4 Å². The molecule has 0 aliphatic carbocycles. The number of rotatable bonds is 4. The Morgan fingerprint density at radius 1 is 1.60 bits per heavy atom. The lowest BCUT2D eigenvalue weighted by molar-refractivity contribution is -0.142. The third-order valence-electron chi connectivity index (χ3n) is 1.18. The van der Waals surface area contributed by atoms with E-state index in [1.807, 2.05) is 0 Å². The summed E-state index contributed by atoms with van der Waals surface area (Å²) in [6.07, 6.45) is -0.229. The van der Waals surface area contributed by atoms with Crippen molar-refractivity contribution < 1.29 is 20.1 Å². The van der Waals surface area contributed by atoms with E-state index < -0.39 is 11.6 Å². The first-order valence-electron chi connectivity index (χ1n) is 3.03. The van der Waals surface area contributed by atoms with Crippen LogP contribution in [0.15, 0.2) is 0 Å². The Morgan fingerprint density at radius 3 is 2.40 bits per heavy atom. The summed E-state index contributed by atoms with van der Waals surface area (Å²) < 4.78 is 0. The first-order chi connectivity index (χ1) is 4.48. The van der Waals surface area contributed by atoms with Gasteiger partial charge in [-0.2, -0.15) is 0 Å². The van der Waals surface area contributed by atoms with Crippen LogP contribution in [0.1, 0.15) is 19.8 Å². The van der Waals surface area contributed by atoms with Gasteiger partial charge in [0.25, 0.3) is 0 Å². The zero-order valence-corrected chi connectivity index (χ0v) is 5.87. The van der Waals surface area contributed by atoms with E-state index in [2.05, 4.69) is 0 Å². The molecule has 0 aliphatic rings. The van der Waals surface area contributed by atoms with E-state index >= 15 is 0 Å². The number of carboxylic acid groups (broad SMARTS) is 1. The Kier molecular flexibility index (Phi) is 3.32. The van der Waals surface area contributed by atoms with Crippen LogP contribution in [0.2, 0.25) is 0 Å². The van der Waals surface area contributed by atoms with Gasteiger partial charge in [0, 0.05) is 6.61 Å². The molecule has 1 unspecified atom stereocenters. The van der Waals surface area contributed by atoms with Crippen molar-refractivity contribution in [1.82, 2.24) is 0 Å². The number of hydrogen-bond donors (Lipinski definition) is 3. The minimum atomic E-state index is -1.28. The molecule has 0 spiro atoms. The highest BCUT2D eigenvalue weighted by atomic mass is 16.4. The standard InChI is InChI=1S/C6H12O4/c1-6(10,2-3-7)4-5(8)9/h7,10H,2-4H2,1H3,(H,8,9)/i2+1,3+1. The second kappa shape index (κ2) is 3.53. The molecule has 0 saturated carbocycles. The maximum Gasteiger partial charge on any atom is 0.306 e. The fourth-order valence-corrected chi connectivity index (χ4v) is 0.655. The SMILES string of the molecule is CC(O)(CC(=O)O)[13CH2][13CH2]O. The van der Waals surface area contributed by atoms with Crippen molar-refractivity contribution in [2.75, 3.05) is 6.61 Å². The van der Waals surface area contributed by atoms with Crippen LogP contribution in [0.25, 0.3) is 0 Å². The molecule has 3 N–H and O–H groups in total. The van der Waals surface area contributed by atoms with Crippen LogP contribution in [0.4, 0.5) is 0 Å². The summed E-state index contributed by atoms with van der Waals surface area (Å²) in [6.45, 7) is 1.19. The molecule has 1 atom stereocenters. The third kappa shape index (κ3) is 4.29. The molecule has 0 bridgehead atoms. The molecule has 0 aliphatic heterocycles. The molecule has 0 radical (unpaired) electrons. The molecule has 0 saturated heterocycles. The molecular formula is C6H12O4.